The predicted octanol–water partition coefficient (Wildman–Crippen LogP) is 3.00. The van der Waals surface area contributed by atoms with E-state index in [4.69, 9.17) is 5.11 Å². The summed E-state index contributed by atoms with van der Waals surface area (Å²) in [7, 11) is 0. The van der Waals surface area contributed by atoms with Crippen LogP contribution in [-0.2, 0) is 4.79 Å². The van der Waals surface area contributed by atoms with E-state index in [0.29, 0.717) is 5.01 Å². The highest BCUT2D eigenvalue weighted by molar-refractivity contribution is 7.10. The molecule has 0 spiro atoms. The first-order chi connectivity index (χ1) is 7.68. The van der Waals surface area contributed by atoms with E-state index in [0.717, 1.165) is 11.3 Å². The second-order valence-electron chi connectivity index (χ2n) is 3.50. The van der Waals surface area contributed by atoms with E-state index in [-0.39, 0.29) is 0 Å². The third-order valence-electron chi connectivity index (χ3n) is 2.33. The number of nitrogens with zero attached hydrogens (tertiary/aromatic N) is 1. The molecule has 0 aliphatic carbocycles. The molecule has 82 valence electrons. The average Bonchev–Trinajstić information content (AvgIpc) is 2.78. The van der Waals surface area contributed by atoms with Crippen LogP contribution < -0.4 is 0 Å². The van der Waals surface area contributed by atoms with Gasteiger partial charge in [0.2, 0.25) is 0 Å². The molecule has 0 bridgehead atoms. The van der Waals surface area contributed by atoms with Gasteiger partial charge in [-0.25, -0.2) is 4.98 Å². The Morgan fingerprint density at radius 2 is 2.06 bits per heavy atom. The van der Waals surface area contributed by atoms with E-state index < -0.39 is 11.9 Å². The summed E-state index contributed by atoms with van der Waals surface area (Å²) in [6.45, 7) is 1.65. The highest BCUT2D eigenvalue weighted by atomic mass is 32.1. The van der Waals surface area contributed by atoms with Crippen LogP contribution in [0.5, 0.6) is 0 Å². The molecule has 0 saturated heterocycles. The van der Waals surface area contributed by atoms with Crippen LogP contribution in [0.15, 0.2) is 35.7 Å². The first kappa shape index (κ1) is 10.8. The number of aliphatic carboxylic acids is 1. The fourth-order valence-electron chi connectivity index (χ4n) is 1.33. The van der Waals surface area contributed by atoms with Crippen molar-refractivity contribution in [2.24, 2.45) is 0 Å². The summed E-state index contributed by atoms with van der Waals surface area (Å²) in [5.74, 6) is -1.38. The maximum absolute atomic E-state index is 10.8. The van der Waals surface area contributed by atoms with E-state index in [2.05, 4.69) is 4.98 Å². The monoisotopic (exact) mass is 233 g/mol. The Hall–Kier alpha value is -1.68. The van der Waals surface area contributed by atoms with Crippen molar-refractivity contribution in [1.29, 1.82) is 0 Å². The van der Waals surface area contributed by atoms with Gasteiger partial charge in [0.05, 0.1) is 5.69 Å². The summed E-state index contributed by atoms with van der Waals surface area (Å²) in [5.41, 5.74) is 1.86. The van der Waals surface area contributed by atoms with Crippen LogP contribution in [0.1, 0.15) is 17.8 Å². The molecule has 2 rings (SSSR count). The maximum atomic E-state index is 10.8. The minimum absolute atomic E-state index is 0.539. The summed E-state index contributed by atoms with van der Waals surface area (Å²) in [6, 6.07) is 9.75. The minimum atomic E-state index is -0.839. The molecule has 1 heterocycles. The fraction of sp³-hybridized carbons (Fsp3) is 0.167. The number of carboxylic acids is 1. The van der Waals surface area contributed by atoms with Gasteiger partial charge in [0.15, 0.2) is 0 Å². The third-order valence-corrected chi connectivity index (χ3v) is 3.36. The van der Waals surface area contributed by atoms with Gasteiger partial charge in [-0.3, -0.25) is 4.79 Å². The quantitative estimate of drug-likeness (QED) is 0.886. The zero-order chi connectivity index (χ0) is 11.5. The van der Waals surface area contributed by atoms with Crippen LogP contribution in [0.4, 0.5) is 0 Å². The lowest BCUT2D eigenvalue weighted by atomic mass is 10.1. The van der Waals surface area contributed by atoms with Gasteiger partial charge in [0.1, 0.15) is 10.9 Å². The lowest BCUT2D eigenvalue weighted by molar-refractivity contribution is -0.138. The molecule has 4 heteroatoms. The Kier molecular flexibility index (Phi) is 3.01. The molecule has 1 N–H and O–H groups in total. The van der Waals surface area contributed by atoms with Gasteiger partial charge in [-0.2, -0.15) is 0 Å². The van der Waals surface area contributed by atoms with Crippen molar-refractivity contribution >= 4 is 17.3 Å². The smallest absolute Gasteiger partial charge is 0.313 e. The summed E-state index contributed by atoms with van der Waals surface area (Å²) < 4.78 is 0. The second kappa shape index (κ2) is 4.45. The number of thiazole rings is 1. The van der Waals surface area contributed by atoms with E-state index in [9.17, 15) is 4.79 Å². The van der Waals surface area contributed by atoms with Crippen LogP contribution in [-0.4, -0.2) is 16.1 Å². The van der Waals surface area contributed by atoms with Crippen molar-refractivity contribution in [3.63, 3.8) is 0 Å². The third kappa shape index (κ3) is 2.12. The van der Waals surface area contributed by atoms with Crippen molar-refractivity contribution in [3.8, 4) is 11.3 Å². The van der Waals surface area contributed by atoms with E-state index in [1.165, 1.54) is 11.3 Å². The van der Waals surface area contributed by atoms with Gasteiger partial charge >= 0.3 is 5.97 Å². The number of carbonyl (C=O) groups is 1. The molecule has 0 fully saturated rings. The van der Waals surface area contributed by atoms with Gasteiger partial charge in [-0.05, 0) is 6.92 Å². The fourth-order valence-corrected chi connectivity index (χ4v) is 2.21. The Balaban J connectivity index is 2.30. The highest BCUT2D eigenvalue weighted by Crippen LogP contribution is 2.26. The van der Waals surface area contributed by atoms with E-state index in [1.54, 1.807) is 6.92 Å². The van der Waals surface area contributed by atoms with Gasteiger partial charge in [0.25, 0.3) is 0 Å². The van der Waals surface area contributed by atoms with Gasteiger partial charge in [-0.1, -0.05) is 30.3 Å². The molecule has 0 radical (unpaired) electrons. The van der Waals surface area contributed by atoms with Crippen molar-refractivity contribution in [1.82, 2.24) is 4.98 Å². The molecule has 1 unspecified atom stereocenters. The Bertz CT molecular complexity index is 493. The Labute approximate surface area is 97.4 Å². The molecule has 1 atom stereocenters. The number of rotatable bonds is 3. The van der Waals surface area contributed by atoms with Crippen molar-refractivity contribution in [3.05, 3.63) is 40.7 Å². The van der Waals surface area contributed by atoms with Crippen LogP contribution >= 0.6 is 11.3 Å². The van der Waals surface area contributed by atoms with Gasteiger partial charge < -0.3 is 5.11 Å². The first-order valence-electron chi connectivity index (χ1n) is 4.92. The molecule has 0 aliphatic rings. The van der Waals surface area contributed by atoms with Crippen LogP contribution in [0, 0.1) is 0 Å². The molecular weight excluding hydrogens is 222 g/mol. The lowest BCUT2D eigenvalue weighted by Crippen LogP contribution is -2.06. The normalized spacial score (nSPS) is 12.3. The minimum Gasteiger partial charge on any atom is -0.481 e. The second-order valence-corrected chi connectivity index (χ2v) is 4.39. The molecule has 2 aromatic rings. The molecule has 0 aliphatic heterocycles. The molecule has 0 amide bonds. The van der Waals surface area contributed by atoms with Crippen molar-refractivity contribution in [2.45, 2.75) is 12.8 Å². The number of hydrogen-bond donors (Lipinski definition) is 1. The largest absolute Gasteiger partial charge is 0.481 e. The standard InChI is InChI=1S/C12H11NO2S/c1-8(12(14)15)11-13-10(7-16-11)9-5-3-2-4-6-9/h2-8H,1H3,(H,14,15). The number of benzene rings is 1. The molecular formula is C12H11NO2S. The number of carboxylic acid groups (broad SMARTS) is 1. The zero-order valence-corrected chi connectivity index (χ0v) is 9.57. The summed E-state index contributed by atoms with van der Waals surface area (Å²) >= 11 is 1.39. The van der Waals surface area contributed by atoms with Gasteiger partial charge in [-0.15, -0.1) is 11.3 Å². The summed E-state index contributed by atoms with van der Waals surface area (Å²) in [4.78, 5) is 15.2. The lowest BCUT2D eigenvalue weighted by Gasteiger charge is -1.99. The molecule has 1 aromatic heterocycles. The maximum Gasteiger partial charge on any atom is 0.313 e. The number of aromatic nitrogens is 1. The van der Waals surface area contributed by atoms with E-state index in [1.807, 2.05) is 35.7 Å². The van der Waals surface area contributed by atoms with Crippen LogP contribution in [0.2, 0.25) is 0 Å². The molecule has 16 heavy (non-hydrogen) atoms. The van der Waals surface area contributed by atoms with Crippen LogP contribution in [0.3, 0.4) is 0 Å². The van der Waals surface area contributed by atoms with E-state index >= 15 is 0 Å². The molecule has 3 nitrogen and oxygen atoms in total. The first-order valence-corrected chi connectivity index (χ1v) is 5.80. The average molecular weight is 233 g/mol. The molecule has 0 saturated carbocycles. The number of hydrogen-bond acceptors (Lipinski definition) is 3. The zero-order valence-electron chi connectivity index (χ0n) is 8.75. The predicted molar refractivity (Wildman–Crippen MR) is 63.6 cm³/mol. The SMILES string of the molecule is CC(C(=O)O)c1nc(-c2ccccc2)cs1. The Morgan fingerprint density at radius 1 is 1.38 bits per heavy atom. The topological polar surface area (TPSA) is 50.2 Å². The summed E-state index contributed by atoms with van der Waals surface area (Å²) in [6.07, 6.45) is 0. The highest BCUT2D eigenvalue weighted by Gasteiger charge is 2.17. The van der Waals surface area contributed by atoms with Crippen LogP contribution in [0.25, 0.3) is 11.3 Å². The molecule has 1 aromatic carbocycles. The summed E-state index contributed by atoms with van der Waals surface area (Å²) in [5, 5.41) is 11.4. The van der Waals surface area contributed by atoms with Gasteiger partial charge in [0, 0.05) is 10.9 Å². The van der Waals surface area contributed by atoms with Crippen molar-refractivity contribution < 1.29 is 9.90 Å². The van der Waals surface area contributed by atoms with Crippen molar-refractivity contribution in [2.75, 3.05) is 0 Å². The Morgan fingerprint density at radius 3 is 2.69 bits per heavy atom.